The maximum atomic E-state index is 12.5. The number of nitrogens with one attached hydrogen (secondary N) is 1. The zero-order valence-electron chi connectivity index (χ0n) is 13.0. The van der Waals surface area contributed by atoms with Crippen molar-refractivity contribution in [3.8, 4) is 5.75 Å². The fourth-order valence-corrected chi connectivity index (χ4v) is 3.33. The maximum Gasteiger partial charge on any atom is 0.252 e. The molecule has 0 aliphatic heterocycles. The van der Waals surface area contributed by atoms with Gasteiger partial charge in [0.1, 0.15) is 17.3 Å². The highest BCUT2D eigenvalue weighted by Crippen LogP contribution is 2.24. The third kappa shape index (κ3) is 3.72. The number of aryl methyl sites for hydroxylation is 1. The van der Waals surface area contributed by atoms with Gasteiger partial charge >= 0.3 is 0 Å². The van der Waals surface area contributed by atoms with Crippen molar-refractivity contribution in [1.29, 1.82) is 0 Å². The monoisotopic (exact) mass is 338 g/mol. The van der Waals surface area contributed by atoms with E-state index >= 15 is 0 Å². The SMILES string of the molecule is COc1ccc(S(=O)(=O)N[C@H](C)c2ccc(C)o2)cc1C(N)=O. The van der Waals surface area contributed by atoms with Crippen molar-refractivity contribution < 1.29 is 22.4 Å². The molecule has 124 valence electrons. The first-order chi connectivity index (χ1) is 10.7. The smallest absolute Gasteiger partial charge is 0.252 e. The highest BCUT2D eigenvalue weighted by atomic mass is 32.2. The Kier molecular flexibility index (Phi) is 4.76. The standard InChI is InChI=1S/C15H18N2O5S/c1-9-4-6-13(22-9)10(2)17-23(19,20)11-5-7-14(21-3)12(8-11)15(16)18/h4-8,10,17H,1-3H3,(H2,16,18)/t10-/m1/s1. The Hall–Kier alpha value is -2.32. The summed E-state index contributed by atoms with van der Waals surface area (Å²) in [6.45, 7) is 3.43. The van der Waals surface area contributed by atoms with E-state index in [2.05, 4.69) is 4.72 Å². The summed E-state index contributed by atoms with van der Waals surface area (Å²) in [5.74, 6) is 0.626. The lowest BCUT2D eigenvalue weighted by molar-refractivity contribution is 0.0997. The molecule has 0 spiro atoms. The average Bonchev–Trinajstić information content (AvgIpc) is 2.92. The summed E-state index contributed by atoms with van der Waals surface area (Å²) in [7, 11) is -2.48. The van der Waals surface area contributed by atoms with Gasteiger partial charge < -0.3 is 14.9 Å². The first kappa shape index (κ1) is 17.0. The van der Waals surface area contributed by atoms with Gasteiger partial charge in [0.05, 0.1) is 23.6 Å². The third-order valence-electron chi connectivity index (χ3n) is 3.27. The summed E-state index contributed by atoms with van der Waals surface area (Å²) >= 11 is 0. The van der Waals surface area contributed by atoms with Crippen LogP contribution in [0.1, 0.15) is 34.8 Å². The number of carbonyl (C=O) groups excluding carboxylic acids is 1. The van der Waals surface area contributed by atoms with E-state index in [9.17, 15) is 13.2 Å². The van der Waals surface area contributed by atoms with E-state index in [0.29, 0.717) is 11.5 Å². The van der Waals surface area contributed by atoms with E-state index in [1.807, 2.05) is 0 Å². The van der Waals surface area contributed by atoms with Crippen LogP contribution in [0.3, 0.4) is 0 Å². The topological polar surface area (TPSA) is 112 Å². The summed E-state index contributed by atoms with van der Waals surface area (Å²) in [5, 5.41) is 0. The molecule has 0 aliphatic rings. The molecular formula is C15H18N2O5S. The van der Waals surface area contributed by atoms with Crippen molar-refractivity contribution >= 4 is 15.9 Å². The minimum atomic E-state index is -3.85. The molecule has 1 aromatic heterocycles. The Morgan fingerprint density at radius 2 is 2.00 bits per heavy atom. The van der Waals surface area contributed by atoms with Crippen LogP contribution >= 0.6 is 0 Å². The first-order valence-electron chi connectivity index (χ1n) is 6.81. The second-order valence-corrected chi connectivity index (χ2v) is 6.73. The van der Waals surface area contributed by atoms with E-state index in [0.717, 1.165) is 0 Å². The van der Waals surface area contributed by atoms with Crippen molar-refractivity contribution in [2.24, 2.45) is 5.73 Å². The molecule has 1 heterocycles. The second kappa shape index (κ2) is 6.43. The normalized spacial score (nSPS) is 12.8. The van der Waals surface area contributed by atoms with Gasteiger partial charge in [0.25, 0.3) is 5.91 Å². The number of benzene rings is 1. The van der Waals surface area contributed by atoms with Gasteiger partial charge in [0, 0.05) is 0 Å². The minimum absolute atomic E-state index is 0.00290. The fourth-order valence-electron chi connectivity index (χ4n) is 2.09. The summed E-state index contributed by atoms with van der Waals surface area (Å²) in [5.41, 5.74) is 5.25. The molecule has 0 saturated heterocycles. The maximum absolute atomic E-state index is 12.5. The van der Waals surface area contributed by atoms with Crippen LogP contribution in [0.4, 0.5) is 0 Å². The van der Waals surface area contributed by atoms with Crippen molar-refractivity contribution in [1.82, 2.24) is 4.72 Å². The fraction of sp³-hybridized carbons (Fsp3) is 0.267. The van der Waals surface area contributed by atoms with Gasteiger partial charge in [0.2, 0.25) is 10.0 Å². The van der Waals surface area contributed by atoms with E-state index in [4.69, 9.17) is 14.9 Å². The van der Waals surface area contributed by atoms with Gasteiger partial charge in [-0.15, -0.1) is 0 Å². The number of sulfonamides is 1. The lowest BCUT2D eigenvalue weighted by atomic mass is 10.2. The van der Waals surface area contributed by atoms with Crippen LogP contribution in [0.25, 0.3) is 0 Å². The number of ether oxygens (including phenoxy) is 1. The Balaban J connectivity index is 2.32. The van der Waals surface area contributed by atoms with Gasteiger partial charge in [-0.25, -0.2) is 13.1 Å². The zero-order chi connectivity index (χ0) is 17.2. The Morgan fingerprint density at radius 1 is 1.30 bits per heavy atom. The first-order valence-corrected chi connectivity index (χ1v) is 8.29. The molecule has 23 heavy (non-hydrogen) atoms. The number of methoxy groups -OCH3 is 1. The van der Waals surface area contributed by atoms with E-state index < -0.39 is 22.0 Å². The molecule has 0 fully saturated rings. The van der Waals surface area contributed by atoms with Gasteiger partial charge in [-0.1, -0.05) is 0 Å². The quantitative estimate of drug-likeness (QED) is 0.833. The molecular weight excluding hydrogens is 320 g/mol. The summed E-state index contributed by atoms with van der Waals surface area (Å²) < 4.78 is 37.8. The van der Waals surface area contributed by atoms with Crippen molar-refractivity contribution in [2.75, 3.05) is 7.11 Å². The van der Waals surface area contributed by atoms with Crippen LogP contribution in [0, 0.1) is 6.92 Å². The molecule has 2 rings (SSSR count). The third-order valence-corrected chi connectivity index (χ3v) is 4.80. The molecule has 7 nitrogen and oxygen atoms in total. The van der Waals surface area contributed by atoms with E-state index in [-0.39, 0.29) is 16.2 Å². The lowest BCUT2D eigenvalue weighted by Gasteiger charge is -2.13. The Labute approximate surface area is 134 Å². The molecule has 1 amide bonds. The van der Waals surface area contributed by atoms with Crippen molar-refractivity contribution in [2.45, 2.75) is 24.8 Å². The molecule has 3 N–H and O–H groups in total. The van der Waals surface area contributed by atoms with Crippen molar-refractivity contribution in [3.05, 3.63) is 47.4 Å². The van der Waals surface area contributed by atoms with Crippen molar-refractivity contribution in [3.63, 3.8) is 0 Å². The number of carbonyl (C=O) groups is 1. The van der Waals surface area contributed by atoms with Gasteiger partial charge in [0.15, 0.2) is 0 Å². The molecule has 0 bridgehead atoms. The summed E-state index contributed by atoms with van der Waals surface area (Å²) in [6, 6.07) is 6.80. The van der Waals surface area contributed by atoms with Crippen LogP contribution in [0.2, 0.25) is 0 Å². The summed E-state index contributed by atoms with van der Waals surface area (Å²) in [6.07, 6.45) is 0. The zero-order valence-corrected chi connectivity index (χ0v) is 13.8. The van der Waals surface area contributed by atoms with Crippen LogP contribution in [-0.4, -0.2) is 21.4 Å². The molecule has 0 unspecified atom stereocenters. The van der Waals surface area contributed by atoms with Gasteiger partial charge in [-0.3, -0.25) is 4.79 Å². The molecule has 1 atom stereocenters. The van der Waals surface area contributed by atoms with Gasteiger partial charge in [-0.05, 0) is 44.2 Å². The van der Waals surface area contributed by atoms with Crippen LogP contribution in [0.5, 0.6) is 5.75 Å². The minimum Gasteiger partial charge on any atom is -0.496 e. The molecule has 0 aliphatic carbocycles. The van der Waals surface area contributed by atoms with Crippen LogP contribution in [-0.2, 0) is 10.0 Å². The Morgan fingerprint density at radius 3 is 2.52 bits per heavy atom. The molecule has 0 saturated carbocycles. The predicted octanol–water partition coefficient (Wildman–Crippen LogP) is 1.74. The van der Waals surface area contributed by atoms with E-state index in [1.54, 1.807) is 26.0 Å². The molecule has 0 radical (unpaired) electrons. The average molecular weight is 338 g/mol. The Bertz CT molecular complexity index is 826. The molecule has 8 heteroatoms. The van der Waals surface area contributed by atoms with Gasteiger partial charge in [-0.2, -0.15) is 0 Å². The number of furan rings is 1. The highest BCUT2D eigenvalue weighted by molar-refractivity contribution is 7.89. The number of nitrogens with two attached hydrogens (primary N) is 1. The van der Waals surface area contributed by atoms with Crippen LogP contribution in [0.15, 0.2) is 39.6 Å². The lowest BCUT2D eigenvalue weighted by Crippen LogP contribution is -2.27. The number of rotatable bonds is 6. The number of hydrogen-bond acceptors (Lipinski definition) is 5. The van der Waals surface area contributed by atoms with E-state index in [1.165, 1.54) is 25.3 Å². The van der Waals surface area contributed by atoms with Crippen LogP contribution < -0.4 is 15.2 Å². The molecule has 2 aromatic rings. The predicted molar refractivity (Wildman–Crippen MR) is 83.7 cm³/mol. The summed E-state index contributed by atoms with van der Waals surface area (Å²) in [4.78, 5) is 11.3. The number of amides is 1. The largest absolute Gasteiger partial charge is 0.496 e. The number of primary amides is 1. The highest BCUT2D eigenvalue weighted by Gasteiger charge is 2.22. The number of hydrogen-bond donors (Lipinski definition) is 2. The molecule has 1 aromatic carbocycles. The second-order valence-electron chi connectivity index (χ2n) is 5.02.